The van der Waals surface area contributed by atoms with Crippen molar-refractivity contribution in [3.05, 3.63) is 33.3 Å². The van der Waals surface area contributed by atoms with Gasteiger partial charge in [0.15, 0.2) is 0 Å². The molecule has 0 aliphatic carbocycles. The molecular weight excluding hydrogens is 300 g/mol. The number of nitrogens with one attached hydrogen (secondary N) is 1. The van der Waals surface area contributed by atoms with Crippen LogP contribution in [0, 0.1) is 0 Å². The Bertz CT molecular complexity index is 355. The SMILES string of the molecule is CC(CCN(C)C)NCc1ccc(Br)cc1Cl. The molecule has 1 N–H and O–H groups in total. The summed E-state index contributed by atoms with van der Waals surface area (Å²) in [6, 6.07) is 6.51. The van der Waals surface area contributed by atoms with Gasteiger partial charge < -0.3 is 10.2 Å². The van der Waals surface area contributed by atoms with E-state index in [0.29, 0.717) is 6.04 Å². The van der Waals surface area contributed by atoms with E-state index in [2.05, 4.69) is 53.2 Å². The van der Waals surface area contributed by atoms with Gasteiger partial charge in [0, 0.05) is 22.1 Å². The zero-order chi connectivity index (χ0) is 12.8. The maximum absolute atomic E-state index is 6.16. The van der Waals surface area contributed by atoms with Crippen molar-refractivity contribution < 1.29 is 0 Å². The van der Waals surface area contributed by atoms with Gasteiger partial charge in [0.05, 0.1) is 0 Å². The summed E-state index contributed by atoms with van der Waals surface area (Å²) in [5.41, 5.74) is 1.14. The van der Waals surface area contributed by atoms with Gasteiger partial charge in [0.25, 0.3) is 0 Å². The fourth-order valence-electron chi connectivity index (χ4n) is 1.50. The van der Waals surface area contributed by atoms with Gasteiger partial charge in [-0.25, -0.2) is 0 Å². The first-order valence-electron chi connectivity index (χ1n) is 5.81. The Hall–Kier alpha value is -0.0900. The lowest BCUT2D eigenvalue weighted by Gasteiger charge is -2.17. The minimum Gasteiger partial charge on any atom is -0.310 e. The lowest BCUT2D eigenvalue weighted by molar-refractivity contribution is 0.365. The van der Waals surface area contributed by atoms with Crippen LogP contribution in [0.2, 0.25) is 5.02 Å². The standard InChI is InChI=1S/C13H20BrClN2/c1-10(6-7-17(2)3)16-9-11-4-5-12(14)8-13(11)15/h4-5,8,10,16H,6-7,9H2,1-3H3. The van der Waals surface area contributed by atoms with Crippen molar-refractivity contribution in [2.45, 2.75) is 25.9 Å². The predicted octanol–water partition coefficient (Wildman–Crippen LogP) is 3.53. The van der Waals surface area contributed by atoms with Gasteiger partial charge in [-0.05, 0) is 51.7 Å². The molecule has 0 aliphatic heterocycles. The van der Waals surface area contributed by atoms with Crippen molar-refractivity contribution in [2.24, 2.45) is 0 Å². The summed E-state index contributed by atoms with van der Waals surface area (Å²) >= 11 is 9.57. The number of benzene rings is 1. The summed E-state index contributed by atoms with van der Waals surface area (Å²) in [6.45, 7) is 4.12. The number of nitrogens with zero attached hydrogens (tertiary/aromatic N) is 1. The predicted molar refractivity (Wildman–Crippen MR) is 78.6 cm³/mol. The van der Waals surface area contributed by atoms with Gasteiger partial charge in [0.2, 0.25) is 0 Å². The Morgan fingerprint density at radius 3 is 2.71 bits per heavy atom. The van der Waals surface area contributed by atoms with E-state index in [1.165, 1.54) is 0 Å². The van der Waals surface area contributed by atoms with Crippen LogP contribution < -0.4 is 5.32 Å². The Labute approximate surface area is 117 Å². The Kier molecular flexibility index (Phi) is 6.49. The molecule has 17 heavy (non-hydrogen) atoms. The zero-order valence-electron chi connectivity index (χ0n) is 10.6. The highest BCUT2D eigenvalue weighted by atomic mass is 79.9. The van der Waals surface area contributed by atoms with E-state index in [0.717, 1.165) is 34.6 Å². The Morgan fingerprint density at radius 1 is 1.41 bits per heavy atom. The van der Waals surface area contributed by atoms with Crippen molar-refractivity contribution in [3.8, 4) is 0 Å². The van der Waals surface area contributed by atoms with E-state index in [-0.39, 0.29) is 0 Å². The van der Waals surface area contributed by atoms with Crippen LogP contribution in [0.5, 0.6) is 0 Å². The molecule has 0 saturated heterocycles. The number of rotatable bonds is 6. The van der Waals surface area contributed by atoms with E-state index < -0.39 is 0 Å². The minimum absolute atomic E-state index is 0.497. The smallest absolute Gasteiger partial charge is 0.0462 e. The van der Waals surface area contributed by atoms with Gasteiger partial charge in [-0.2, -0.15) is 0 Å². The molecule has 0 heterocycles. The molecule has 1 rings (SSSR count). The molecule has 0 bridgehead atoms. The number of hydrogen-bond acceptors (Lipinski definition) is 2. The largest absolute Gasteiger partial charge is 0.310 e. The van der Waals surface area contributed by atoms with E-state index >= 15 is 0 Å². The number of hydrogen-bond donors (Lipinski definition) is 1. The molecule has 4 heteroatoms. The van der Waals surface area contributed by atoms with Crippen LogP contribution in [0.15, 0.2) is 22.7 Å². The summed E-state index contributed by atoms with van der Waals surface area (Å²) in [4.78, 5) is 2.20. The molecule has 2 nitrogen and oxygen atoms in total. The highest BCUT2D eigenvalue weighted by molar-refractivity contribution is 9.10. The molecule has 1 aromatic carbocycles. The first kappa shape index (κ1) is 15.0. The topological polar surface area (TPSA) is 15.3 Å². The molecule has 0 radical (unpaired) electrons. The molecule has 0 saturated carbocycles. The second-order valence-corrected chi connectivity index (χ2v) is 5.93. The van der Waals surface area contributed by atoms with Crippen LogP contribution >= 0.6 is 27.5 Å². The third kappa shape index (κ3) is 5.87. The summed E-state index contributed by atoms with van der Waals surface area (Å²) in [5, 5.41) is 4.30. The highest BCUT2D eigenvalue weighted by Crippen LogP contribution is 2.21. The van der Waals surface area contributed by atoms with E-state index in [9.17, 15) is 0 Å². The van der Waals surface area contributed by atoms with Crippen molar-refractivity contribution >= 4 is 27.5 Å². The van der Waals surface area contributed by atoms with Crippen molar-refractivity contribution in [1.29, 1.82) is 0 Å². The monoisotopic (exact) mass is 318 g/mol. The summed E-state index contributed by atoms with van der Waals surface area (Å²) in [7, 11) is 4.19. The molecule has 0 aromatic heterocycles. The van der Waals surface area contributed by atoms with Crippen LogP contribution in [0.4, 0.5) is 0 Å². The molecule has 1 aromatic rings. The van der Waals surface area contributed by atoms with Gasteiger partial charge in [-0.3, -0.25) is 0 Å². The average molecular weight is 320 g/mol. The molecule has 0 spiro atoms. The normalized spacial score (nSPS) is 13.1. The van der Waals surface area contributed by atoms with Gasteiger partial charge in [-0.15, -0.1) is 0 Å². The lowest BCUT2D eigenvalue weighted by Crippen LogP contribution is -2.29. The summed E-state index contributed by atoms with van der Waals surface area (Å²) < 4.78 is 1.02. The van der Waals surface area contributed by atoms with Crippen molar-refractivity contribution in [2.75, 3.05) is 20.6 Å². The van der Waals surface area contributed by atoms with Crippen LogP contribution in [0.1, 0.15) is 18.9 Å². The Morgan fingerprint density at radius 2 is 2.12 bits per heavy atom. The van der Waals surface area contributed by atoms with Crippen LogP contribution in [-0.2, 0) is 6.54 Å². The van der Waals surface area contributed by atoms with Gasteiger partial charge >= 0.3 is 0 Å². The van der Waals surface area contributed by atoms with E-state index in [4.69, 9.17) is 11.6 Å². The zero-order valence-corrected chi connectivity index (χ0v) is 13.0. The fourth-order valence-corrected chi connectivity index (χ4v) is 2.24. The van der Waals surface area contributed by atoms with Crippen LogP contribution in [-0.4, -0.2) is 31.6 Å². The molecule has 0 amide bonds. The van der Waals surface area contributed by atoms with Crippen molar-refractivity contribution in [1.82, 2.24) is 10.2 Å². The number of halogens is 2. The third-order valence-corrected chi connectivity index (χ3v) is 3.51. The third-order valence-electron chi connectivity index (χ3n) is 2.67. The average Bonchev–Trinajstić information content (AvgIpc) is 2.25. The molecule has 1 unspecified atom stereocenters. The maximum atomic E-state index is 6.16. The van der Waals surface area contributed by atoms with E-state index in [1.54, 1.807) is 0 Å². The lowest BCUT2D eigenvalue weighted by atomic mass is 10.2. The molecule has 0 fully saturated rings. The fraction of sp³-hybridized carbons (Fsp3) is 0.538. The Balaban J connectivity index is 2.39. The van der Waals surface area contributed by atoms with E-state index in [1.807, 2.05) is 12.1 Å². The molecular formula is C13H20BrClN2. The second-order valence-electron chi connectivity index (χ2n) is 4.61. The van der Waals surface area contributed by atoms with Crippen LogP contribution in [0.25, 0.3) is 0 Å². The van der Waals surface area contributed by atoms with Gasteiger partial charge in [-0.1, -0.05) is 33.6 Å². The summed E-state index contributed by atoms with van der Waals surface area (Å²) in [5.74, 6) is 0. The minimum atomic E-state index is 0.497. The quantitative estimate of drug-likeness (QED) is 0.863. The molecule has 96 valence electrons. The summed E-state index contributed by atoms with van der Waals surface area (Å²) in [6.07, 6.45) is 1.14. The molecule has 1 atom stereocenters. The van der Waals surface area contributed by atoms with Crippen LogP contribution in [0.3, 0.4) is 0 Å². The maximum Gasteiger partial charge on any atom is 0.0462 e. The second kappa shape index (κ2) is 7.37. The first-order chi connectivity index (χ1) is 7.99. The van der Waals surface area contributed by atoms with Gasteiger partial charge in [0.1, 0.15) is 0 Å². The first-order valence-corrected chi connectivity index (χ1v) is 6.98. The highest BCUT2D eigenvalue weighted by Gasteiger charge is 2.05. The molecule has 0 aliphatic rings. The van der Waals surface area contributed by atoms with Crippen molar-refractivity contribution in [3.63, 3.8) is 0 Å².